The predicted octanol–water partition coefficient (Wildman–Crippen LogP) is 5.05. The van der Waals surface area contributed by atoms with Gasteiger partial charge in [-0.3, -0.25) is 0 Å². The van der Waals surface area contributed by atoms with Gasteiger partial charge >= 0.3 is 5.97 Å². The van der Waals surface area contributed by atoms with Crippen molar-refractivity contribution in [1.82, 2.24) is 0 Å². The molecule has 6 heteroatoms. The van der Waals surface area contributed by atoms with Gasteiger partial charge in [-0.1, -0.05) is 11.6 Å². The number of nitrogens with one attached hydrogen (secondary N) is 1. The number of carbonyl (C=O) groups is 1. The van der Waals surface area contributed by atoms with Crippen LogP contribution in [-0.4, -0.2) is 11.1 Å². The van der Waals surface area contributed by atoms with Crippen LogP contribution in [0.25, 0.3) is 11.3 Å². The number of aromatic carboxylic acids is 1. The molecular weight excluding hydrogens is 333 g/mol. The summed E-state index contributed by atoms with van der Waals surface area (Å²) in [5.41, 5.74) is 1.43. The Bertz CT molecular complexity index is 874. The molecule has 2 N–H and O–H groups in total. The molecule has 24 heavy (non-hydrogen) atoms. The number of benzene rings is 2. The number of hydrogen-bond acceptors (Lipinski definition) is 3. The number of halogens is 2. The first kappa shape index (κ1) is 16.1. The van der Waals surface area contributed by atoms with E-state index >= 15 is 0 Å². The summed E-state index contributed by atoms with van der Waals surface area (Å²) < 4.78 is 18.7. The lowest BCUT2D eigenvalue weighted by Crippen LogP contribution is -2.02. The fourth-order valence-corrected chi connectivity index (χ4v) is 2.40. The molecule has 3 aromatic rings. The van der Waals surface area contributed by atoms with Crippen molar-refractivity contribution in [1.29, 1.82) is 0 Å². The van der Waals surface area contributed by atoms with Crippen molar-refractivity contribution in [2.24, 2.45) is 0 Å². The lowest BCUT2D eigenvalue weighted by atomic mass is 10.2. The van der Waals surface area contributed by atoms with Crippen LogP contribution in [0.2, 0.25) is 5.02 Å². The van der Waals surface area contributed by atoms with E-state index in [1.807, 2.05) is 0 Å². The quantitative estimate of drug-likeness (QED) is 0.679. The number of anilines is 1. The summed E-state index contributed by atoms with van der Waals surface area (Å²) in [7, 11) is 0. The van der Waals surface area contributed by atoms with E-state index in [0.717, 1.165) is 5.56 Å². The molecule has 4 nitrogen and oxygen atoms in total. The fraction of sp³-hybridized carbons (Fsp3) is 0.0556. The summed E-state index contributed by atoms with van der Waals surface area (Å²) in [6.45, 7) is 0.337. The van der Waals surface area contributed by atoms with Crippen molar-refractivity contribution >= 4 is 23.3 Å². The number of rotatable bonds is 5. The first-order valence-corrected chi connectivity index (χ1v) is 7.52. The molecule has 0 saturated heterocycles. The largest absolute Gasteiger partial charge is 0.478 e. The molecule has 0 amide bonds. The first-order chi connectivity index (χ1) is 11.5. The standard InChI is InChI=1S/C18H13ClFNO3/c19-15-7-3-12(18(22)23)9-16(15)21-10-14-6-8-17(24-14)11-1-4-13(20)5-2-11/h1-9,21H,10H2,(H,22,23). The molecule has 1 heterocycles. The van der Waals surface area contributed by atoms with Crippen LogP contribution in [0, 0.1) is 5.82 Å². The highest BCUT2D eigenvalue weighted by Crippen LogP contribution is 2.26. The maximum atomic E-state index is 12.9. The first-order valence-electron chi connectivity index (χ1n) is 7.14. The Morgan fingerprint density at radius 2 is 1.88 bits per heavy atom. The van der Waals surface area contributed by atoms with Gasteiger partial charge in [-0.2, -0.15) is 0 Å². The van der Waals surface area contributed by atoms with Crippen LogP contribution in [0.5, 0.6) is 0 Å². The smallest absolute Gasteiger partial charge is 0.335 e. The third-order valence-electron chi connectivity index (χ3n) is 3.46. The van der Waals surface area contributed by atoms with Gasteiger partial charge in [0.05, 0.1) is 22.8 Å². The topological polar surface area (TPSA) is 62.5 Å². The zero-order valence-electron chi connectivity index (χ0n) is 12.4. The highest BCUT2D eigenvalue weighted by atomic mass is 35.5. The molecule has 0 aliphatic heterocycles. The van der Waals surface area contributed by atoms with Crippen molar-refractivity contribution in [3.05, 3.63) is 76.8 Å². The average molecular weight is 346 g/mol. The summed E-state index contributed by atoms with van der Waals surface area (Å²) >= 11 is 6.06. The summed E-state index contributed by atoms with van der Waals surface area (Å²) in [5, 5.41) is 12.5. The van der Waals surface area contributed by atoms with E-state index in [2.05, 4.69) is 5.32 Å². The van der Waals surface area contributed by atoms with Crippen LogP contribution in [0.1, 0.15) is 16.1 Å². The van der Waals surface area contributed by atoms with Crippen molar-refractivity contribution < 1.29 is 18.7 Å². The normalized spacial score (nSPS) is 10.6. The Labute approximate surface area is 142 Å². The van der Waals surface area contributed by atoms with Gasteiger partial charge in [0.25, 0.3) is 0 Å². The van der Waals surface area contributed by atoms with Crippen LogP contribution in [-0.2, 0) is 6.54 Å². The highest BCUT2D eigenvalue weighted by Gasteiger charge is 2.09. The molecule has 0 aliphatic rings. The van der Waals surface area contributed by atoms with Gasteiger partial charge in [-0.05, 0) is 54.6 Å². The molecule has 0 bridgehead atoms. The number of hydrogen-bond donors (Lipinski definition) is 2. The highest BCUT2D eigenvalue weighted by molar-refractivity contribution is 6.33. The summed E-state index contributed by atoms with van der Waals surface area (Å²) in [6, 6.07) is 14.0. The third kappa shape index (κ3) is 3.58. The Morgan fingerprint density at radius 3 is 2.58 bits per heavy atom. The molecule has 0 unspecified atom stereocenters. The van der Waals surface area contributed by atoms with E-state index in [-0.39, 0.29) is 11.4 Å². The molecular formula is C18H13ClFNO3. The predicted molar refractivity (Wildman–Crippen MR) is 89.8 cm³/mol. The minimum Gasteiger partial charge on any atom is -0.478 e. The second-order valence-corrected chi connectivity index (χ2v) is 5.53. The van der Waals surface area contributed by atoms with E-state index in [1.54, 1.807) is 24.3 Å². The molecule has 1 aromatic heterocycles. The lowest BCUT2D eigenvalue weighted by molar-refractivity contribution is 0.0697. The van der Waals surface area contributed by atoms with Crippen molar-refractivity contribution in [2.75, 3.05) is 5.32 Å². The van der Waals surface area contributed by atoms with Gasteiger partial charge in [0.2, 0.25) is 0 Å². The summed E-state index contributed by atoms with van der Waals surface area (Å²) in [5.74, 6) is -0.0604. The van der Waals surface area contributed by atoms with Crippen LogP contribution in [0.15, 0.2) is 59.0 Å². The van der Waals surface area contributed by atoms with E-state index in [4.69, 9.17) is 21.1 Å². The molecule has 3 rings (SSSR count). The zero-order valence-corrected chi connectivity index (χ0v) is 13.2. The number of carboxylic acid groups (broad SMARTS) is 1. The van der Waals surface area contributed by atoms with Gasteiger partial charge in [-0.15, -0.1) is 0 Å². The van der Waals surface area contributed by atoms with Crippen LogP contribution >= 0.6 is 11.6 Å². The monoisotopic (exact) mass is 345 g/mol. The minimum atomic E-state index is -1.02. The molecule has 0 spiro atoms. The summed E-state index contributed by atoms with van der Waals surface area (Å²) in [6.07, 6.45) is 0. The van der Waals surface area contributed by atoms with Crippen LogP contribution < -0.4 is 5.32 Å². The van der Waals surface area contributed by atoms with Gasteiger partial charge in [0, 0.05) is 5.56 Å². The Kier molecular flexibility index (Phi) is 4.53. The molecule has 0 radical (unpaired) electrons. The maximum Gasteiger partial charge on any atom is 0.335 e. The summed E-state index contributed by atoms with van der Waals surface area (Å²) in [4.78, 5) is 11.0. The van der Waals surface area contributed by atoms with E-state index in [9.17, 15) is 9.18 Å². The van der Waals surface area contributed by atoms with Gasteiger partial charge in [-0.25, -0.2) is 9.18 Å². The Hall–Kier alpha value is -2.79. The average Bonchev–Trinajstić information content (AvgIpc) is 3.03. The third-order valence-corrected chi connectivity index (χ3v) is 3.79. The second-order valence-electron chi connectivity index (χ2n) is 5.13. The number of furan rings is 1. The maximum absolute atomic E-state index is 12.9. The van der Waals surface area contributed by atoms with E-state index in [0.29, 0.717) is 28.8 Å². The van der Waals surface area contributed by atoms with Crippen LogP contribution in [0.4, 0.5) is 10.1 Å². The van der Waals surface area contributed by atoms with Crippen molar-refractivity contribution in [3.8, 4) is 11.3 Å². The fourth-order valence-electron chi connectivity index (χ4n) is 2.22. The number of carboxylic acids is 1. The van der Waals surface area contributed by atoms with Crippen molar-refractivity contribution in [2.45, 2.75) is 6.54 Å². The van der Waals surface area contributed by atoms with Crippen LogP contribution in [0.3, 0.4) is 0 Å². The molecule has 0 aliphatic carbocycles. The van der Waals surface area contributed by atoms with E-state index < -0.39 is 5.97 Å². The molecule has 0 atom stereocenters. The second kappa shape index (κ2) is 6.76. The Morgan fingerprint density at radius 1 is 1.12 bits per heavy atom. The van der Waals surface area contributed by atoms with Gasteiger partial charge < -0.3 is 14.8 Å². The van der Waals surface area contributed by atoms with Gasteiger partial charge in [0.1, 0.15) is 17.3 Å². The molecule has 2 aromatic carbocycles. The Balaban J connectivity index is 1.73. The van der Waals surface area contributed by atoms with E-state index in [1.165, 1.54) is 30.3 Å². The van der Waals surface area contributed by atoms with Gasteiger partial charge in [0.15, 0.2) is 0 Å². The minimum absolute atomic E-state index is 0.147. The SMILES string of the molecule is O=C(O)c1ccc(Cl)c(NCc2ccc(-c3ccc(F)cc3)o2)c1. The zero-order chi connectivity index (χ0) is 17.1. The lowest BCUT2D eigenvalue weighted by Gasteiger charge is -2.08. The molecule has 0 fully saturated rings. The molecule has 0 saturated carbocycles. The molecule has 122 valence electrons. The van der Waals surface area contributed by atoms with Crippen molar-refractivity contribution in [3.63, 3.8) is 0 Å².